The Morgan fingerprint density at radius 3 is 2.37 bits per heavy atom. The summed E-state index contributed by atoms with van der Waals surface area (Å²) in [6, 6.07) is 26.9. The van der Waals surface area contributed by atoms with Gasteiger partial charge in [-0.15, -0.1) is 0 Å². The molecule has 0 saturated carbocycles. The molecule has 144 valence electrons. The monoisotopic (exact) mass is 389 g/mol. The molecule has 0 bridgehead atoms. The lowest BCUT2D eigenvalue weighted by Gasteiger charge is -2.06. The van der Waals surface area contributed by atoms with Gasteiger partial charge in [-0.05, 0) is 73.5 Å². The van der Waals surface area contributed by atoms with Gasteiger partial charge in [0, 0.05) is 21.9 Å². The molecule has 2 aromatic heterocycles. The van der Waals surface area contributed by atoms with Gasteiger partial charge in [0.15, 0.2) is 5.58 Å². The second-order valence-electron chi connectivity index (χ2n) is 7.86. The van der Waals surface area contributed by atoms with Crippen molar-refractivity contribution >= 4 is 33.0 Å². The highest BCUT2D eigenvalue weighted by atomic mass is 16.3. The van der Waals surface area contributed by atoms with Crippen LogP contribution in [0.2, 0.25) is 0 Å². The molecule has 0 saturated heterocycles. The van der Waals surface area contributed by atoms with Gasteiger partial charge in [-0.25, -0.2) is 4.98 Å². The minimum absolute atomic E-state index is 0.627. The van der Waals surface area contributed by atoms with E-state index in [9.17, 15) is 0 Å². The number of aryl methyl sites for hydroxylation is 2. The number of oxazole rings is 1. The molecule has 0 amide bonds. The quantitative estimate of drug-likeness (QED) is 0.305. The van der Waals surface area contributed by atoms with Gasteiger partial charge < -0.3 is 8.83 Å². The van der Waals surface area contributed by atoms with Crippen molar-refractivity contribution < 1.29 is 8.83 Å². The lowest BCUT2D eigenvalue weighted by molar-refractivity contribution is 0.620. The first kappa shape index (κ1) is 17.0. The maximum atomic E-state index is 6.30. The largest absolute Gasteiger partial charge is 0.455 e. The van der Waals surface area contributed by atoms with Crippen LogP contribution in [0.1, 0.15) is 11.1 Å². The van der Waals surface area contributed by atoms with E-state index in [0.29, 0.717) is 5.89 Å². The molecule has 6 aromatic rings. The molecule has 6 rings (SSSR count). The van der Waals surface area contributed by atoms with E-state index < -0.39 is 0 Å². The van der Waals surface area contributed by atoms with Crippen molar-refractivity contribution in [1.82, 2.24) is 4.98 Å². The first-order valence-corrected chi connectivity index (χ1v) is 10.1. The Balaban J connectivity index is 1.57. The average Bonchev–Trinajstić information content (AvgIpc) is 3.35. The van der Waals surface area contributed by atoms with E-state index in [-0.39, 0.29) is 0 Å². The molecule has 0 atom stereocenters. The van der Waals surface area contributed by atoms with Crippen molar-refractivity contribution in [3.63, 3.8) is 0 Å². The second kappa shape index (κ2) is 6.33. The normalized spacial score (nSPS) is 11.7. The summed E-state index contributed by atoms with van der Waals surface area (Å²) in [5, 5.41) is 2.31. The number of rotatable bonds is 2. The van der Waals surface area contributed by atoms with E-state index >= 15 is 0 Å². The topological polar surface area (TPSA) is 39.2 Å². The van der Waals surface area contributed by atoms with E-state index in [1.165, 1.54) is 11.1 Å². The number of furan rings is 1. The summed E-state index contributed by atoms with van der Waals surface area (Å²) < 4.78 is 12.3. The molecule has 0 fully saturated rings. The fourth-order valence-electron chi connectivity index (χ4n) is 4.17. The van der Waals surface area contributed by atoms with Gasteiger partial charge in [-0.3, -0.25) is 0 Å². The molecule has 3 heteroatoms. The fourth-order valence-corrected chi connectivity index (χ4v) is 4.17. The molecule has 0 aliphatic carbocycles. The van der Waals surface area contributed by atoms with Crippen molar-refractivity contribution in [2.75, 3.05) is 0 Å². The summed E-state index contributed by atoms with van der Waals surface area (Å²) in [5.74, 6) is 0.627. The minimum Gasteiger partial charge on any atom is -0.455 e. The van der Waals surface area contributed by atoms with E-state index in [2.05, 4.69) is 61.3 Å². The van der Waals surface area contributed by atoms with Crippen LogP contribution >= 0.6 is 0 Å². The molecular weight excluding hydrogens is 370 g/mol. The van der Waals surface area contributed by atoms with Crippen molar-refractivity contribution in [2.45, 2.75) is 13.8 Å². The van der Waals surface area contributed by atoms with E-state index in [1.54, 1.807) is 0 Å². The Morgan fingerprint density at radius 2 is 1.47 bits per heavy atom. The summed E-state index contributed by atoms with van der Waals surface area (Å²) in [5.41, 5.74) is 9.03. The van der Waals surface area contributed by atoms with E-state index in [1.807, 2.05) is 36.4 Å². The van der Waals surface area contributed by atoms with Crippen LogP contribution in [0.15, 0.2) is 87.7 Å². The first-order valence-electron chi connectivity index (χ1n) is 10.1. The summed E-state index contributed by atoms with van der Waals surface area (Å²) in [6.07, 6.45) is 0. The Morgan fingerprint density at radius 1 is 0.633 bits per heavy atom. The number of benzene rings is 4. The van der Waals surface area contributed by atoms with Crippen molar-refractivity contribution in [1.29, 1.82) is 0 Å². The number of hydrogen-bond acceptors (Lipinski definition) is 3. The number of para-hydroxylation sites is 2. The van der Waals surface area contributed by atoms with Crippen LogP contribution in [-0.2, 0) is 0 Å². The molecule has 0 unspecified atom stereocenters. The van der Waals surface area contributed by atoms with Gasteiger partial charge in [-0.2, -0.15) is 0 Å². The van der Waals surface area contributed by atoms with Crippen molar-refractivity contribution in [2.24, 2.45) is 0 Å². The van der Waals surface area contributed by atoms with Gasteiger partial charge in [0.05, 0.1) is 0 Å². The van der Waals surface area contributed by atoms with Gasteiger partial charge in [0.25, 0.3) is 0 Å². The average molecular weight is 389 g/mol. The Hall–Kier alpha value is -3.85. The third-order valence-corrected chi connectivity index (χ3v) is 5.58. The molecule has 0 N–H and O–H groups in total. The summed E-state index contributed by atoms with van der Waals surface area (Å²) in [7, 11) is 0. The standard InChI is InChI=1S/C27H19NO2/c1-16-10-11-24-21(12-16)22-14-17(2)13-20(26(22)29-24)18-6-5-7-19(15-18)27-28-23-8-3-4-9-25(23)30-27/h3-15H,1-2H3. The smallest absolute Gasteiger partial charge is 0.227 e. The summed E-state index contributed by atoms with van der Waals surface area (Å²) in [4.78, 5) is 4.65. The number of fused-ring (bicyclic) bond motifs is 4. The summed E-state index contributed by atoms with van der Waals surface area (Å²) in [6.45, 7) is 4.24. The maximum absolute atomic E-state index is 6.30. The summed E-state index contributed by atoms with van der Waals surface area (Å²) >= 11 is 0. The molecule has 0 aliphatic rings. The molecule has 30 heavy (non-hydrogen) atoms. The minimum atomic E-state index is 0.627. The van der Waals surface area contributed by atoms with Crippen LogP contribution in [0, 0.1) is 13.8 Å². The molecule has 0 spiro atoms. The highest BCUT2D eigenvalue weighted by Gasteiger charge is 2.15. The van der Waals surface area contributed by atoms with E-state index in [0.717, 1.165) is 49.7 Å². The Kier molecular flexibility index (Phi) is 3.59. The van der Waals surface area contributed by atoms with Gasteiger partial charge in [-0.1, -0.05) is 35.9 Å². The first-order chi connectivity index (χ1) is 14.7. The van der Waals surface area contributed by atoms with Crippen LogP contribution in [0.3, 0.4) is 0 Å². The SMILES string of the molecule is Cc1ccc2oc3c(-c4cccc(-c5nc6ccccc6o5)c4)cc(C)cc3c2c1. The predicted molar refractivity (Wildman–Crippen MR) is 122 cm³/mol. The Labute approximate surface area is 173 Å². The maximum Gasteiger partial charge on any atom is 0.227 e. The van der Waals surface area contributed by atoms with Gasteiger partial charge >= 0.3 is 0 Å². The highest BCUT2D eigenvalue weighted by molar-refractivity contribution is 6.10. The van der Waals surface area contributed by atoms with Crippen molar-refractivity contribution in [3.8, 4) is 22.6 Å². The molecule has 0 radical (unpaired) electrons. The number of hydrogen-bond donors (Lipinski definition) is 0. The zero-order valence-corrected chi connectivity index (χ0v) is 16.8. The Bertz CT molecular complexity index is 1540. The zero-order chi connectivity index (χ0) is 20.2. The lowest BCUT2D eigenvalue weighted by Crippen LogP contribution is -1.84. The highest BCUT2D eigenvalue weighted by Crippen LogP contribution is 2.38. The van der Waals surface area contributed by atoms with Gasteiger partial charge in [0.2, 0.25) is 5.89 Å². The predicted octanol–water partition coefficient (Wildman–Crippen LogP) is 7.68. The third-order valence-electron chi connectivity index (χ3n) is 5.58. The number of aromatic nitrogens is 1. The molecule has 2 heterocycles. The lowest BCUT2D eigenvalue weighted by atomic mass is 9.98. The van der Waals surface area contributed by atoms with Crippen molar-refractivity contribution in [3.05, 3.63) is 90.0 Å². The second-order valence-corrected chi connectivity index (χ2v) is 7.86. The van der Waals surface area contributed by atoms with Crippen LogP contribution in [-0.4, -0.2) is 4.98 Å². The third kappa shape index (κ3) is 2.63. The fraction of sp³-hybridized carbons (Fsp3) is 0.0741. The van der Waals surface area contributed by atoms with Crippen LogP contribution < -0.4 is 0 Å². The zero-order valence-electron chi connectivity index (χ0n) is 16.8. The van der Waals surface area contributed by atoms with Crippen LogP contribution in [0.25, 0.3) is 55.6 Å². The van der Waals surface area contributed by atoms with Crippen LogP contribution in [0.5, 0.6) is 0 Å². The molecule has 0 aliphatic heterocycles. The van der Waals surface area contributed by atoms with Gasteiger partial charge in [0.1, 0.15) is 16.7 Å². The van der Waals surface area contributed by atoms with E-state index in [4.69, 9.17) is 8.83 Å². The number of nitrogens with zero attached hydrogens (tertiary/aromatic N) is 1. The molecule has 4 aromatic carbocycles. The molecule has 3 nitrogen and oxygen atoms in total. The van der Waals surface area contributed by atoms with Crippen LogP contribution in [0.4, 0.5) is 0 Å². The molecular formula is C27H19NO2.